The normalized spacial score (nSPS) is 15.0. The molecule has 1 heterocycles. The number of rotatable bonds is 7. The number of amides is 2. The molecule has 2 amide bonds. The Hall–Kier alpha value is -2.25. The molecule has 1 atom stereocenters. The molecule has 0 fully saturated rings. The SMILES string of the molecule is COC(=O)[C@H](CCC(OC)OC)N1C(=O)c2ccccc2C1=O. The van der Waals surface area contributed by atoms with Crippen LogP contribution >= 0.6 is 0 Å². The lowest BCUT2D eigenvalue weighted by Crippen LogP contribution is -2.45. The van der Waals surface area contributed by atoms with Crippen LogP contribution in [0.25, 0.3) is 0 Å². The molecule has 23 heavy (non-hydrogen) atoms. The fraction of sp³-hybridized carbons (Fsp3) is 0.438. The first-order valence-electron chi connectivity index (χ1n) is 7.15. The van der Waals surface area contributed by atoms with Gasteiger partial charge < -0.3 is 14.2 Å². The Bertz CT molecular complexity index is 575. The Morgan fingerprint density at radius 3 is 1.96 bits per heavy atom. The Morgan fingerprint density at radius 2 is 1.52 bits per heavy atom. The van der Waals surface area contributed by atoms with Crippen LogP contribution in [0.1, 0.15) is 33.6 Å². The van der Waals surface area contributed by atoms with Gasteiger partial charge in [-0.15, -0.1) is 0 Å². The average molecular weight is 321 g/mol. The quantitative estimate of drug-likeness (QED) is 0.427. The second-order valence-electron chi connectivity index (χ2n) is 5.04. The van der Waals surface area contributed by atoms with Crippen molar-refractivity contribution in [2.75, 3.05) is 21.3 Å². The van der Waals surface area contributed by atoms with E-state index in [9.17, 15) is 14.4 Å². The number of fused-ring (bicyclic) bond motifs is 1. The summed E-state index contributed by atoms with van der Waals surface area (Å²) in [5, 5.41) is 0. The molecule has 7 nitrogen and oxygen atoms in total. The van der Waals surface area contributed by atoms with Crippen LogP contribution in [-0.4, -0.2) is 56.3 Å². The van der Waals surface area contributed by atoms with Crippen LogP contribution in [0.2, 0.25) is 0 Å². The molecule has 0 spiro atoms. The molecule has 1 aliphatic heterocycles. The molecular weight excluding hydrogens is 302 g/mol. The van der Waals surface area contributed by atoms with Gasteiger partial charge in [0.05, 0.1) is 18.2 Å². The standard InChI is InChI=1S/C16H19NO6/c1-21-13(22-2)9-8-12(16(20)23-3)17-14(18)10-6-4-5-7-11(10)15(17)19/h4-7,12-13H,8-9H2,1-3H3/t12-/m0/s1. The zero-order valence-electron chi connectivity index (χ0n) is 13.3. The van der Waals surface area contributed by atoms with E-state index in [1.165, 1.54) is 21.3 Å². The number of hydrogen-bond donors (Lipinski definition) is 0. The third-order valence-corrected chi connectivity index (χ3v) is 3.81. The highest BCUT2D eigenvalue weighted by atomic mass is 16.7. The lowest BCUT2D eigenvalue weighted by molar-refractivity contribution is -0.147. The molecule has 0 aromatic heterocycles. The molecule has 124 valence electrons. The van der Waals surface area contributed by atoms with E-state index in [4.69, 9.17) is 14.2 Å². The van der Waals surface area contributed by atoms with Gasteiger partial charge in [0.2, 0.25) is 0 Å². The molecule has 1 aromatic rings. The van der Waals surface area contributed by atoms with Gasteiger partial charge >= 0.3 is 5.97 Å². The van der Waals surface area contributed by atoms with Gasteiger partial charge in [-0.3, -0.25) is 14.5 Å². The first-order valence-corrected chi connectivity index (χ1v) is 7.15. The predicted octanol–water partition coefficient (Wildman–Crippen LogP) is 1.22. The number of hydrogen-bond acceptors (Lipinski definition) is 6. The van der Waals surface area contributed by atoms with Crippen molar-refractivity contribution in [3.05, 3.63) is 35.4 Å². The summed E-state index contributed by atoms with van der Waals surface area (Å²) in [5.74, 6) is -1.63. The summed E-state index contributed by atoms with van der Waals surface area (Å²) in [6.45, 7) is 0. The van der Waals surface area contributed by atoms with Crippen LogP contribution in [-0.2, 0) is 19.0 Å². The summed E-state index contributed by atoms with van der Waals surface area (Å²) in [6, 6.07) is 5.47. The molecule has 7 heteroatoms. The van der Waals surface area contributed by atoms with E-state index in [0.717, 1.165) is 4.90 Å². The van der Waals surface area contributed by atoms with Gasteiger partial charge in [-0.25, -0.2) is 4.79 Å². The monoisotopic (exact) mass is 321 g/mol. The summed E-state index contributed by atoms with van der Waals surface area (Å²) >= 11 is 0. The minimum absolute atomic E-state index is 0.185. The van der Waals surface area contributed by atoms with E-state index in [1.807, 2.05) is 0 Å². The van der Waals surface area contributed by atoms with Gasteiger partial charge in [0.1, 0.15) is 6.04 Å². The summed E-state index contributed by atoms with van der Waals surface area (Å²) in [4.78, 5) is 38.0. The maximum Gasteiger partial charge on any atom is 0.329 e. The van der Waals surface area contributed by atoms with Crippen LogP contribution < -0.4 is 0 Å². The number of nitrogens with zero attached hydrogens (tertiary/aromatic N) is 1. The Balaban J connectivity index is 2.25. The lowest BCUT2D eigenvalue weighted by Gasteiger charge is -2.25. The van der Waals surface area contributed by atoms with Crippen LogP contribution in [0.15, 0.2) is 24.3 Å². The van der Waals surface area contributed by atoms with Gasteiger partial charge in [-0.2, -0.15) is 0 Å². The smallest absolute Gasteiger partial charge is 0.329 e. The maximum atomic E-state index is 12.5. The van der Waals surface area contributed by atoms with Crippen LogP contribution in [0.4, 0.5) is 0 Å². The van der Waals surface area contributed by atoms with Crippen LogP contribution in [0.3, 0.4) is 0 Å². The van der Waals surface area contributed by atoms with E-state index in [2.05, 4.69) is 0 Å². The lowest BCUT2D eigenvalue weighted by atomic mass is 10.1. The van der Waals surface area contributed by atoms with Crippen molar-refractivity contribution < 1.29 is 28.6 Å². The van der Waals surface area contributed by atoms with Crippen molar-refractivity contribution in [3.63, 3.8) is 0 Å². The van der Waals surface area contributed by atoms with E-state index >= 15 is 0 Å². The summed E-state index contributed by atoms with van der Waals surface area (Å²) in [6.07, 6.45) is -0.0117. The van der Waals surface area contributed by atoms with Crippen LogP contribution in [0.5, 0.6) is 0 Å². The second-order valence-corrected chi connectivity index (χ2v) is 5.04. The van der Waals surface area contributed by atoms with Crippen LogP contribution in [0, 0.1) is 0 Å². The van der Waals surface area contributed by atoms with Gasteiger partial charge in [0, 0.05) is 20.6 Å². The number of carbonyl (C=O) groups is 3. The Morgan fingerprint density at radius 1 is 1.00 bits per heavy atom. The van der Waals surface area contributed by atoms with E-state index in [1.54, 1.807) is 24.3 Å². The molecule has 0 saturated carbocycles. The molecule has 0 unspecified atom stereocenters. The molecule has 0 bridgehead atoms. The summed E-state index contributed by atoms with van der Waals surface area (Å²) in [7, 11) is 4.17. The summed E-state index contributed by atoms with van der Waals surface area (Å²) in [5.41, 5.74) is 0.586. The maximum absolute atomic E-state index is 12.5. The van der Waals surface area contributed by atoms with Gasteiger partial charge in [0.15, 0.2) is 6.29 Å². The molecular formula is C16H19NO6. The van der Waals surface area contributed by atoms with E-state index < -0.39 is 30.1 Å². The fourth-order valence-electron chi connectivity index (χ4n) is 2.61. The third kappa shape index (κ3) is 3.25. The minimum atomic E-state index is -1.01. The highest BCUT2D eigenvalue weighted by Gasteiger charge is 2.43. The third-order valence-electron chi connectivity index (χ3n) is 3.81. The highest BCUT2D eigenvalue weighted by Crippen LogP contribution is 2.27. The Labute approximate surface area is 134 Å². The number of benzene rings is 1. The number of carbonyl (C=O) groups excluding carboxylic acids is 3. The van der Waals surface area contributed by atoms with Crippen molar-refractivity contribution >= 4 is 17.8 Å². The Kier molecular flexibility index (Phi) is 5.46. The van der Waals surface area contributed by atoms with Crippen molar-refractivity contribution in [2.24, 2.45) is 0 Å². The molecule has 0 aliphatic carbocycles. The molecule has 1 aromatic carbocycles. The topological polar surface area (TPSA) is 82.1 Å². The predicted molar refractivity (Wildman–Crippen MR) is 79.8 cm³/mol. The largest absolute Gasteiger partial charge is 0.467 e. The average Bonchev–Trinajstić information content (AvgIpc) is 2.83. The fourth-order valence-corrected chi connectivity index (χ4v) is 2.61. The van der Waals surface area contributed by atoms with E-state index in [0.29, 0.717) is 17.5 Å². The number of methoxy groups -OCH3 is 3. The van der Waals surface area contributed by atoms with Crippen molar-refractivity contribution in [1.82, 2.24) is 4.90 Å². The molecule has 0 N–H and O–H groups in total. The molecule has 0 saturated heterocycles. The van der Waals surface area contributed by atoms with Gasteiger partial charge in [0.25, 0.3) is 11.8 Å². The van der Waals surface area contributed by atoms with E-state index in [-0.39, 0.29) is 6.42 Å². The number of imide groups is 1. The zero-order chi connectivity index (χ0) is 17.0. The zero-order valence-corrected chi connectivity index (χ0v) is 13.3. The summed E-state index contributed by atoms with van der Waals surface area (Å²) < 4.78 is 14.9. The highest BCUT2D eigenvalue weighted by molar-refractivity contribution is 6.22. The molecule has 1 aliphatic rings. The molecule has 2 rings (SSSR count). The van der Waals surface area contributed by atoms with Crippen molar-refractivity contribution in [1.29, 1.82) is 0 Å². The minimum Gasteiger partial charge on any atom is -0.467 e. The number of esters is 1. The molecule has 0 radical (unpaired) electrons. The van der Waals surface area contributed by atoms with Crippen molar-refractivity contribution in [3.8, 4) is 0 Å². The first kappa shape index (κ1) is 17.1. The second kappa shape index (κ2) is 7.34. The van der Waals surface area contributed by atoms with Gasteiger partial charge in [-0.1, -0.05) is 12.1 Å². The first-order chi connectivity index (χ1) is 11.0. The van der Waals surface area contributed by atoms with Crippen molar-refractivity contribution in [2.45, 2.75) is 25.2 Å². The number of ether oxygens (including phenoxy) is 3. The van der Waals surface area contributed by atoms with Gasteiger partial charge in [-0.05, 0) is 18.6 Å².